The molecule has 1 fully saturated rings. The standard InChI is InChI=1S/C26H28ClN3O6S2/c27-24-14-9-20(19-25(24)37(32,33)29-21-7-3-1-4-8-21)26(31)28-15-18-36-22-10-12-23(13-11-22)38(34,35)30-16-5-2-6-17-30/h1,3-4,7-14,19,29H,2,5-6,15-18H2,(H,28,31). The Bertz CT molecular complexity index is 1480. The number of benzene rings is 3. The minimum absolute atomic E-state index is 0.0148. The van der Waals surface area contributed by atoms with Crippen LogP contribution >= 0.6 is 11.6 Å². The molecule has 12 heteroatoms. The minimum Gasteiger partial charge on any atom is -0.492 e. The summed E-state index contributed by atoms with van der Waals surface area (Å²) in [7, 11) is -7.53. The number of ether oxygens (including phenoxy) is 1. The van der Waals surface area contributed by atoms with Crippen molar-refractivity contribution < 1.29 is 26.4 Å². The summed E-state index contributed by atoms with van der Waals surface area (Å²) in [6.07, 6.45) is 2.77. The number of carbonyl (C=O) groups is 1. The van der Waals surface area contributed by atoms with Crippen molar-refractivity contribution in [1.29, 1.82) is 0 Å². The zero-order valence-corrected chi connectivity index (χ0v) is 22.9. The Balaban J connectivity index is 1.31. The molecule has 1 aliphatic heterocycles. The molecule has 3 aromatic carbocycles. The maximum Gasteiger partial charge on any atom is 0.263 e. The molecule has 0 unspecified atom stereocenters. The number of rotatable bonds is 10. The number of nitrogens with one attached hydrogen (secondary N) is 2. The maximum atomic E-state index is 12.8. The summed E-state index contributed by atoms with van der Waals surface area (Å²) in [5, 5.41) is 2.66. The van der Waals surface area contributed by atoms with Crippen molar-refractivity contribution in [3.8, 4) is 5.75 Å². The number of halogens is 1. The maximum absolute atomic E-state index is 12.8. The van der Waals surface area contributed by atoms with E-state index >= 15 is 0 Å². The molecule has 38 heavy (non-hydrogen) atoms. The van der Waals surface area contributed by atoms with Crippen molar-refractivity contribution in [2.45, 2.75) is 29.1 Å². The Labute approximate surface area is 227 Å². The van der Waals surface area contributed by atoms with Gasteiger partial charge in [-0.15, -0.1) is 0 Å². The van der Waals surface area contributed by atoms with Gasteiger partial charge in [0.1, 0.15) is 17.3 Å². The van der Waals surface area contributed by atoms with Gasteiger partial charge in [-0.1, -0.05) is 36.2 Å². The third-order valence-corrected chi connectivity index (χ3v) is 9.72. The van der Waals surface area contributed by atoms with Gasteiger partial charge in [-0.3, -0.25) is 9.52 Å². The molecule has 3 aromatic rings. The minimum atomic E-state index is -4.02. The lowest BCUT2D eigenvalue weighted by Gasteiger charge is -2.25. The van der Waals surface area contributed by atoms with E-state index in [1.165, 1.54) is 34.6 Å². The molecule has 1 heterocycles. The summed E-state index contributed by atoms with van der Waals surface area (Å²) < 4.78 is 60.7. The lowest BCUT2D eigenvalue weighted by atomic mass is 10.2. The van der Waals surface area contributed by atoms with Crippen molar-refractivity contribution >= 4 is 43.2 Å². The quantitative estimate of drug-likeness (QED) is 0.350. The van der Waals surface area contributed by atoms with Crippen LogP contribution < -0.4 is 14.8 Å². The van der Waals surface area contributed by atoms with Gasteiger partial charge in [0.25, 0.3) is 15.9 Å². The summed E-state index contributed by atoms with van der Waals surface area (Å²) in [6.45, 7) is 1.33. The number of nitrogens with zero attached hydrogens (tertiary/aromatic N) is 1. The van der Waals surface area contributed by atoms with Crippen LogP contribution in [0.4, 0.5) is 5.69 Å². The Hall–Kier alpha value is -3.12. The van der Waals surface area contributed by atoms with Gasteiger partial charge in [-0.2, -0.15) is 4.31 Å². The van der Waals surface area contributed by atoms with Crippen LogP contribution in [-0.2, 0) is 20.0 Å². The predicted octanol–water partition coefficient (Wildman–Crippen LogP) is 4.12. The smallest absolute Gasteiger partial charge is 0.263 e. The summed E-state index contributed by atoms with van der Waals surface area (Å²) >= 11 is 6.12. The molecule has 1 amide bonds. The number of sulfonamides is 2. The van der Waals surface area contributed by atoms with E-state index in [0.717, 1.165) is 19.3 Å². The zero-order valence-electron chi connectivity index (χ0n) is 20.5. The van der Waals surface area contributed by atoms with Crippen LogP contribution in [0, 0.1) is 0 Å². The van der Waals surface area contributed by atoms with Crippen molar-refractivity contribution in [3.05, 3.63) is 83.4 Å². The lowest BCUT2D eigenvalue weighted by Crippen LogP contribution is -2.35. The first-order valence-electron chi connectivity index (χ1n) is 12.1. The summed E-state index contributed by atoms with van der Waals surface area (Å²) in [6, 6.07) is 18.5. The van der Waals surface area contributed by atoms with E-state index in [4.69, 9.17) is 16.3 Å². The van der Waals surface area contributed by atoms with Gasteiger partial charge in [0, 0.05) is 24.3 Å². The second kappa shape index (κ2) is 12.2. The van der Waals surface area contributed by atoms with Gasteiger partial charge < -0.3 is 10.1 Å². The first-order valence-corrected chi connectivity index (χ1v) is 15.4. The number of anilines is 1. The molecule has 0 radical (unpaired) electrons. The number of hydrogen-bond acceptors (Lipinski definition) is 6. The Kier molecular flexibility index (Phi) is 8.93. The highest BCUT2D eigenvalue weighted by atomic mass is 35.5. The second-order valence-electron chi connectivity index (χ2n) is 8.66. The van der Waals surface area contributed by atoms with Crippen LogP contribution in [0.15, 0.2) is 82.6 Å². The van der Waals surface area contributed by atoms with Crippen LogP contribution in [0.25, 0.3) is 0 Å². The normalized spacial score (nSPS) is 14.6. The molecular formula is C26H28ClN3O6S2. The third kappa shape index (κ3) is 6.84. The molecule has 0 bridgehead atoms. The fourth-order valence-corrected chi connectivity index (χ4v) is 7.07. The molecule has 1 aliphatic rings. The van der Waals surface area contributed by atoms with E-state index in [1.54, 1.807) is 42.5 Å². The van der Waals surface area contributed by atoms with Crippen LogP contribution in [0.5, 0.6) is 5.75 Å². The van der Waals surface area contributed by atoms with E-state index < -0.39 is 26.0 Å². The molecule has 0 atom stereocenters. The van der Waals surface area contributed by atoms with Crippen LogP contribution in [0.2, 0.25) is 5.02 Å². The van der Waals surface area contributed by atoms with Gasteiger partial charge in [-0.05, 0) is 67.4 Å². The molecule has 1 saturated heterocycles. The molecule has 4 rings (SSSR count). The monoisotopic (exact) mass is 577 g/mol. The zero-order chi connectivity index (χ0) is 27.2. The van der Waals surface area contributed by atoms with Crippen LogP contribution in [0.3, 0.4) is 0 Å². The van der Waals surface area contributed by atoms with Gasteiger partial charge in [-0.25, -0.2) is 16.8 Å². The Morgan fingerprint density at radius 2 is 1.58 bits per heavy atom. The molecule has 0 aromatic heterocycles. The van der Waals surface area contributed by atoms with Gasteiger partial charge >= 0.3 is 0 Å². The number of carbonyl (C=O) groups excluding carboxylic acids is 1. The van der Waals surface area contributed by atoms with Gasteiger partial charge in [0.2, 0.25) is 10.0 Å². The molecule has 2 N–H and O–H groups in total. The van der Waals surface area contributed by atoms with Crippen LogP contribution in [0.1, 0.15) is 29.6 Å². The fraction of sp³-hybridized carbons (Fsp3) is 0.269. The SMILES string of the molecule is O=C(NCCOc1ccc(S(=O)(=O)N2CCCCC2)cc1)c1ccc(Cl)c(S(=O)(=O)Nc2ccccc2)c1. The highest BCUT2D eigenvalue weighted by Crippen LogP contribution is 2.25. The van der Waals surface area contributed by atoms with Gasteiger partial charge in [0.05, 0.1) is 16.5 Å². The van der Waals surface area contributed by atoms with Crippen molar-refractivity contribution in [2.24, 2.45) is 0 Å². The van der Waals surface area contributed by atoms with Crippen molar-refractivity contribution in [2.75, 3.05) is 31.0 Å². The highest BCUT2D eigenvalue weighted by molar-refractivity contribution is 7.92. The molecule has 9 nitrogen and oxygen atoms in total. The average molecular weight is 578 g/mol. The number of amides is 1. The average Bonchev–Trinajstić information content (AvgIpc) is 2.92. The fourth-order valence-electron chi connectivity index (χ4n) is 3.96. The number of para-hydroxylation sites is 1. The molecule has 0 saturated carbocycles. The molecule has 0 aliphatic carbocycles. The van der Waals surface area contributed by atoms with Crippen molar-refractivity contribution in [3.63, 3.8) is 0 Å². The largest absolute Gasteiger partial charge is 0.492 e. The number of piperidine rings is 1. The van der Waals surface area contributed by atoms with E-state index in [1.807, 2.05) is 0 Å². The molecule has 0 spiro atoms. The van der Waals surface area contributed by atoms with Gasteiger partial charge in [0.15, 0.2) is 0 Å². The summed E-state index contributed by atoms with van der Waals surface area (Å²) in [5.41, 5.74) is 0.489. The summed E-state index contributed by atoms with van der Waals surface area (Å²) in [4.78, 5) is 12.6. The van der Waals surface area contributed by atoms with Crippen LogP contribution in [-0.4, -0.2) is 53.3 Å². The van der Waals surface area contributed by atoms with E-state index in [2.05, 4.69) is 10.0 Å². The Morgan fingerprint density at radius 3 is 2.26 bits per heavy atom. The second-order valence-corrected chi connectivity index (χ2v) is 12.7. The molecular weight excluding hydrogens is 550 g/mol. The topological polar surface area (TPSA) is 122 Å². The number of hydrogen-bond donors (Lipinski definition) is 2. The molecule has 202 valence electrons. The van der Waals surface area contributed by atoms with E-state index in [0.29, 0.717) is 24.5 Å². The Morgan fingerprint density at radius 1 is 0.895 bits per heavy atom. The first kappa shape index (κ1) is 27.9. The summed E-state index contributed by atoms with van der Waals surface area (Å²) in [5.74, 6) is -0.0342. The van der Waals surface area contributed by atoms with E-state index in [-0.39, 0.29) is 33.5 Å². The third-order valence-electron chi connectivity index (χ3n) is 5.94. The predicted molar refractivity (Wildman–Crippen MR) is 146 cm³/mol. The van der Waals surface area contributed by atoms with Crippen molar-refractivity contribution in [1.82, 2.24) is 9.62 Å². The first-order chi connectivity index (χ1) is 18.2. The van der Waals surface area contributed by atoms with E-state index in [9.17, 15) is 21.6 Å². The highest BCUT2D eigenvalue weighted by Gasteiger charge is 2.26. The lowest BCUT2D eigenvalue weighted by molar-refractivity contribution is 0.0946.